The lowest BCUT2D eigenvalue weighted by Crippen LogP contribution is -2.34. The summed E-state index contributed by atoms with van der Waals surface area (Å²) in [6.45, 7) is 0.466. The van der Waals surface area contributed by atoms with Gasteiger partial charge in [0.05, 0.1) is 12.2 Å². The number of likely N-dealkylation sites (tertiary alicyclic amines) is 1. The van der Waals surface area contributed by atoms with Gasteiger partial charge in [0.25, 0.3) is 5.91 Å². The maximum absolute atomic E-state index is 11.7. The molecule has 2 rings (SSSR count). The fourth-order valence-corrected chi connectivity index (χ4v) is 1.91. The van der Waals surface area contributed by atoms with Gasteiger partial charge in [-0.3, -0.25) is 9.78 Å². The van der Waals surface area contributed by atoms with E-state index in [1.807, 2.05) is 12.1 Å². The quantitative estimate of drug-likeness (QED) is 0.772. The van der Waals surface area contributed by atoms with Crippen molar-refractivity contribution in [1.29, 1.82) is 0 Å². The highest BCUT2D eigenvalue weighted by atomic mass is 16.5. The summed E-state index contributed by atoms with van der Waals surface area (Å²) < 4.78 is 10.7. The Morgan fingerprint density at radius 3 is 3.00 bits per heavy atom. The highest BCUT2D eigenvalue weighted by Crippen LogP contribution is 2.20. The van der Waals surface area contributed by atoms with Gasteiger partial charge in [-0.25, -0.2) is 0 Å². The molecule has 0 radical (unpaired) electrons. The molecule has 1 aliphatic heterocycles. The molecule has 0 N–H and O–H groups in total. The van der Waals surface area contributed by atoms with Gasteiger partial charge in [-0.05, 0) is 12.1 Å². The molecule has 5 heteroatoms. The molecule has 17 heavy (non-hydrogen) atoms. The molecule has 1 saturated heterocycles. The van der Waals surface area contributed by atoms with Crippen LogP contribution in [0, 0.1) is 0 Å². The third-order valence-electron chi connectivity index (χ3n) is 3.02. The van der Waals surface area contributed by atoms with Gasteiger partial charge >= 0.3 is 0 Å². The summed E-state index contributed by atoms with van der Waals surface area (Å²) in [5, 5.41) is 0. The molecular weight excluding hydrogens is 220 g/mol. The lowest BCUT2D eigenvalue weighted by Gasteiger charge is -2.19. The van der Waals surface area contributed by atoms with Gasteiger partial charge in [0.15, 0.2) is 0 Å². The van der Waals surface area contributed by atoms with Crippen molar-refractivity contribution in [2.75, 3.05) is 20.8 Å². The van der Waals surface area contributed by atoms with Crippen molar-refractivity contribution in [2.24, 2.45) is 0 Å². The maximum Gasteiger partial charge on any atom is 0.251 e. The Morgan fingerprint density at radius 2 is 2.41 bits per heavy atom. The van der Waals surface area contributed by atoms with Crippen LogP contribution in [0.4, 0.5) is 0 Å². The van der Waals surface area contributed by atoms with E-state index in [2.05, 4.69) is 4.98 Å². The van der Waals surface area contributed by atoms with E-state index in [-0.39, 0.29) is 18.1 Å². The van der Waals surface area contributed by atoms with Crippen LogP contribution >= 0.6 is 0 Å². The van der Waals surface area contributed by atoms with E-state index >= 15 is 0 Å². The standard InChI is InChI=1S/C12H16N2O3/c1-14-9(6-11(16-2)12(14)15)8-17-10-4-3-5-13-7-10/h3-5,7,9,11H,6,8H2,1-2H3/t9-,11+/m0/s1. The van der Waals surface area contributed by atoms with Gasteiger partial charge in [0.2, 0.25) is 0 Å². The van der Waals surface area contributed by atoms with E-state index in [1.165, 1.54) is 0 Å². The van der Waals surface area contributed by atoms with E-state index in [0.29, 0.717) is 18.8 Å². The van der Waals surface area contributed by atoms with Crippen LogP contribution < -0.4 is 4.74 Å². The van der Waals surface area contributed by atoms with E-state index in [9.17, 15) is 4.79 Å². The number of aromatic nitrogens is 1. The topological polar surface area (TPSA) is 51.7 Å². The maximum atomic E-state index is 11.7. The summed E-state index contributed by atoms with van der Waals surface area (Å²) in [5.74, 6) is 0.738. The van der Waals surface area contributed by atoms with Gasteiger partial charge in [-0.2, -0.15) is 0 Å². The minimum Gasteiger partial charge on any atom is -0.490 e. The average Bonchev–Trinajstić information content (AvgIpc) is 2.65. The number of pyridine rings is 1. The summed E-state index contributed by atoms with van der Waals surface area (Å²) in [7, 11) is 3.33. The molecule has 1 aromatic heterocycles. The number of hydrogen-bond donors (Lipinski definition) is 0. The lowest BCUT2D eigenvalue weighted by atomic mass is 10.2. The average molecular weight is 236 g/mol. The van der Waals surface area contributed by atoms with E-state index in [0.717, 1.165) is 0 Å². The Balaban J connectivity index is 1.90. The molecule has 2 heterocycles. The number of amides is 1. The molecule has 0 aliphatic carbocycles. The first-order valence-electron chi connectivity index (χ1n) is 5.54. The van der Waals surface area contributed by atoms with Crippen molar-refractivity contribution in [1.82, 2.24) is 9.88 Å². The third-order valence-corrected chi connectivity index (χ3v) is 3.02. The van der Waals surface area contributed by atoms with Gasteiger partial charge < -0.3 is 14.4 Å². The van der Waals surface area contributed by atoms with Gasteiger partial charge in [-0.1, -0.05) is 0 Å². The molecule has 1 aromatic rings. The molecule has 2 atom stereocenters. The Labute approximate surface area is 100 Å². The highest BCUT2D eigenvalue weighted by Gasteiger charge is 2.37. The number of hydrogen-bond acceptors (Lipinski definition) is 4. The molecule has 1 aliphatic rings. The third kappa shape index (κ3) is 2.55. The monoisotopic (exact) mass is 236 g/mol. The van der Waals surface area contributed by atoms with Crippen LogP contribution in [0.1, 0.15) is 6.42 Å². The Bertz CT molecular complexity index is 383. The second-order valence-corrected chi connectivity index (χ2v) is 4.06. The predicted molar refractivity (Wildman–Crippen MR) is 61.7 cm³/mol. The van der Waals surface area contributed by atoms with Crippen LogP contribution in [0.3, 0.4) is 0 Å². The molecule has 5 nitrogen and oxygen atoms in total. The van der Waals surface area contributed by atoms with Crippen LogP contribution in [-0.4, -0.2) is 48.7 Å². The highest BCUT2D eigenvalue weighted by molar-refractivity contribution is 5.83. The lowest BCUT2D eigenvalue weighted by molar-refractivity contribution is -0.135. The van der Waals surface area contributed by atoms with E-state index in [4.69, 9.17) is 9.47 Å². The van der Waals surface area contributed by atoms with Crippen LogP contribution in [0.2, 0.25) is 0 Å². The van der Waals surface area contributed by atoms with Crippen molar-refractivity contribution in [2.45, 2.75) is 18.6 Å². The van der Waals surface area contributed by atoms with Crippen LogP contribution in [0.5, 0.6) is 5.75 Å². The normalized spacial score (nSPS) is 24.1. The molecule has 92 valence electrons. The predicted octanol–water partition coefficient (Wildman–Crippen LogP) is 0.706. The zero-order valence-corrected chi connectivity index (χ0v) is 10.00. The first-order valence-corrected chi connectivity index (χ1v) is 5.54. The molecule has 0 unspecified atom stereocenters. The molecular formula is C12H16N2O3. The van der Waals surface area contributed by atoms with E-state index in [1.54, 1.807) is 31.5 Å². The van der Waals surface area contributed by atoms with Crippen molar-refractivity contribution in [3.63, 3.8) is 0 Å². The van der Waals surface area contributed by atoms with Crippen molar-refractivity contribution in [3.05, 3.63) is 24.5 Å². The Kier molecular flexibility index (Phi) is 3.58. The van der Waals surface area contributed by atoms with Crippen LogP contribution in [-0.2, 0) is 9.53 Å². The molecule has 0 aromatic carbocycles. The second kappa shape index (κ2) is 5.14. The SMILES string of the molecule is CO[C@@H]1C[C@@H](COc2cccnc2)N(C)C1=O. The second-order valence-electron chi connectivity index (χ2n) is 4.06. The first-order chi connectivity index (χ1) is 8.22. The molecule has 0 spiro atoms. The fraction of sp³-hybridized carbons (Fsp3) is 0.500. The smallest absolute Gasteiger partial charge is 0.251 e. The van der Waals surface area contributed by atoms with Crippen LogP contribution in [0.15, 0.2) is 24.5 Å². The fourth-order valence-electron chi connectivity index (χ4n) is 1.91. The van der Waals surface area contributed by atoms with Crippen molar-refractivity contribution < 1.29 is 14.3 Å². The number of ether oxygens (including phenoxy) is 2. The molecule has 0 saturated carbocycles. The molecule has 1 amide bonds. The summed E-state index contributed by atoms with van der Waals surface area (Å²) in [5.41, 5.74) is 0. The number of rotatable bonds is 4. The van der Waals surface area contributed by atoms with E-state index < -0.39 is 0 Å². The molecule has 0 bridgehead atoms. The minimum absolute atomic E-state index is 0.0206. The van der Waals surface area contributed by atoms with Gasteiger partial charge in [0.1, 0.15) is 18.5 Å². The molecule has 1 fully saturated rings. The van der Waals surface area contributed by atoms with Crippen LogP contribution in [0.25, 0.3) is 0 Å². The number of methoxy groups -OCH3 is 1. The summed E-state index contributed by atoms with van der Waals surface area (Å²) in [6, 6.07) is 3.72. The Morgan fingerprint density at radius 1 is 1.59 bits per heavy atom. The minimum atomic E-state index is -0.331. The van der Waals surface area contributed by atoms with Crippen molar-refractivity contribution in [3.8, 4) is 5.75 Å². The zero-order chi connectivity index (χ0) is 12.3. The summed E-state index contributed by atoms with van der Waals surface area (Å²) in [4.78, 5) is 17.3. The Hall–Kier alpha value is -1.62. The number of carbonyl (C=O) groups is 1. The first kappa shape index (κ1) is 11.9. The largest absolute Gasteiger partial charge is 0.490 e. The summed E-state index contributed by atoms with van der Waals surface area (Å²) in [6.07, 6.45) is 3.69. The van der Waals surface area contributed by atoms with Crippen molar-refractivity contribution >= 4 is 5.91 Å². The van der Waals surface area contributed by atoms with Gasteiger partial charge in [-0.15, -0.1) is 0 Å². The summed E-state index contributed by atoms with van der Waals surface area (Å²) >= 11 is 0. The number of nitrogens with zero attached hydrogens (tertiary/aromatic N) is 2. The zero-order valence-electron chi connectivity index (χ0n) is 10.00. The number of likely N-dealkylation sites (N-methyl/N-ethyl adjacent to an activating group) is 1. The van der Waals surface area contributed by atoms with Gasteiger partial charge in [0, 0.05) is 26.8 Å². The number of carbonyl (C=O) groups excluding carboxylic acids is 1.